The van der Waals surface area contributed by atoms with Gasteiger partial charge in [-0.05, 0) is 36.9 Å². The van der Waals surface area contributed by atoms with Crippen molar-refractivity contribution in [1.82, 2.24) is 0 Å². The van der Waals surface area contributed by atoms with Crippen LogP contribution in [-0.4, -0.2) is 10.5 Å². The van der Waals surface area contributed by atoms with Crippen LogP contribution in [0.3, 0.4) is 0 Å². The lowest BCUT2D eigenvalue weighted by molar-refractivity contribution is 0.207. The van der Waals surface area contributed by atoms with E-state index in [9.17, 15) is 0 Å². The molecule has 0 aromatic heterocycles. The van der Waals surface area contributed by atoms with Gasteiger partial charge in [0, 0.05) is 0 Å². The van der Waals surface area contributed by atoms with Crippen molar-refractivity contribution < 1.29 is 0 Å². The van der Waals surface area contributed by atoms with Gasteiger partial charge in [0.2, 0.25) is 0 Å². The van der Waals surface area contributed by atoms with Crippen LogP contribution in [0.5, 0.6) is 0 Å². The molecule has 0 N–H and O–H groups in total. The van der Waals surface area contributed by atoms with E-state index in [-0.39, 0.29) is 4.75 Å². The highest BCUT2D eigenvalue weighted by Crippen LogP contribution is 2.50. The summed E-state index contributed by atoms with van der Waals surface area (Å²) in [5, 5.41) is 9.09. The molecule has 0 bridgehead atoms. The maximum Gasteiger partial charge on any atom is 0.103 e. The summed E-state index contributed by atoms with van der Waals surface area (Å²) in [5.41, 5.74) is 0. The minimum Gasteiger partial charge on any atom is -0.197 e. The second kappa shape index (κ2) is 4.37. The molecule has 0 aliphatic heterocycles. The first-order valence-corrected chi connectivity index (χ1v) is 6.17. The minimum atomic E-state index is -0.00898. The zero-order valence-corrected chi connectivity index (χ0v) is 9.66. The molecular weight excluding hydrogens is 178 g/mol. The number of rotatable bonds is 4. The third-order valence-electron chi connectivity index (χ3n) is 2.91. The van der Waals surface area contributed by atoms with E-state index in [0.717, 1.165) is 30.4 Å². The lowest BCUT2D eigenvalue weighted by atomic mass is 9.69. The molecule has 74 valence electrons. The molecule has 1 rings (SSSR count). The van der Waals surface area contributed by atoms with E-state index >= 15 is 0 Å². The molecule has 0 unspecified atom stereocenters. The molecule has 1 nitrogen and oxygen atoms in total. The Hall–Kier alpha value is -0.160. The molecule has 0 heterocycles. The van der Waals surface area contributed by atoms with Crippen molar-refractivity contribution in [3.05, 3.63) is 0 Å². The summed E-state index contributed by atoms with van der Waals surface area (Å²) in [6.45, 7) is 6.70. The topological polar surface area (TPSA) is 23.8 Å². The third kappa shape index (κ3) is 2.40. The average Bonchev–Trinajstić information content (AvgIpc) is 2.03. The molecule has 1 aliphatic carbocycles. The van der Waals surface area contributed by atoms with Gasteiger partial charge in [0.25, 0.3) is 0 Å². The van der Waals surface area contributed by atoms with Crippen molar-refractivity contribution in [2.75, 3.05) is 5.75 Å². The van der Waals surface area contributed by atoms with Gasteiger partial charge in [0.15, 0.2) is 0 Å². The number of nitriles is 1. The fraction of sp³-hybridized carbons (Fsp3) is 0.909. The predicted molar refractivity (Wildman–Crippen MR) is 58.7 cm³/mol. The molecule has 0 radical (unpaired) electrons. The summed E-state index contributed by atoms with van der Waals surface area (Å²) in [6.07, 6.45) is 3.41. The fourth-order valence-corrected chi connectivity index (χ4v) is 3.12. The molecular formula is C11H19NS. The van der Waals surface area contributed by atoms with Crippen molar-refractivity contribution in [1.29, 1.82) is 5.26 Å². The highest BCUT2D eigenvalue weighted by atomic mass is 32.2. The molecule has 1 fully saturated rings. The number of nitrogens with zero attached hydrogens (tertiary/aromatic N) is 1. The molecule has 0 atom stereocenters. The van der Waals surface area contributed by atoms with Gasteiger partial charge in [-0.15, -0.1) is 11.8 Å². The van der Waals surface area contributed by atoms with Gasteiger partial charge in [-0.3, -0.25) is 0 Å². The van der Waals surface area contributed by atoms with Crippen LogP contribution in [0.4, 0.5) is 0 Å². The summed E-state index contributed by atoms with van der Waals surface area (Å²) in [5.74, 6) is 2.69. The van der Waals surface area contributed by atoms with Crippen molar-refractivity contribution >= 4 is 11.8 Å². The zero-order chi connectivity index (χ0) is 9.90. The van der Waals surface area contributed by atoms with Crippen molar-refractivity contribution in [3.63, 3.8) is 0 Å². The van der Waals surface area contributed by atoms with Gasteiger partial charge in [-0.1, -0.05) is 20.8 Å². The molecule has 1 saturated carbocycles. The highest BCUT2D eigenvalue weighted by molar-refractivity contribution is 8.00. The molecule has 1 aliphatic rings. The van der Waals surface area contributed by atoms with Crippen LogP contribution in [0.1, 0.15) is 40.0 Å². The first-order chi connectivity index (χ1) is 6.13. The molecule has 0 amide bonds. The van der Waals surface area contributed by atoms with Gasteiger partial charge < -0.3 is 0 Å². The second-order valence-corrected chi connectivity index (χ2v) is 5.85. The molecule has 0 saturated heterocycles. The van der Waals surface area contributed by atoms with E-state index in [0.29, 0.717) is 0 Å². The smallest absolute Gasteiger partial charge is 0.103 e. The van der Waals surface area contributed by atoms with Gasteiger partial charge in [0.05, 0.1) is 6.07 Å². The van der Waals surface area contributed by atoms with Gasteiger partial charge >= 0.3 is 0 Å². The maximum atomic E-state index is 9.09. The van der Waals surface area contributed by atoms with Crippen molar-refractivity contribution in [3.8, 4) is 6.07 Å². The standard InChI is InChI=1S/C11H19NS/c1-4-5-13-11(8-12)6-10(7-11)9(2)3/h9-10H,4-7H2,1-3H3. The zero-order valence-electron chi connectivity index (χ0n) is 8.84. The first kappa shape index (κ1) is 10.9. The Bertz CT molecular complexity index is 199. The molecule has 0 aromatic carbocycles. The molecule has 13 heavy (non-hydrogen) atoms. The average molecular weight is 197 g/mol. The minimum absolute atomic E-state index is 0.00898. The fourth-order valence-electron chi connectivity index (χ4n) is 1.80. The summed E-state index contributed by atoms with van der Waals surface area (Å²) in [7, 11) is 0. The van der Waals surface area contributed by atoms with Crippen LogP contribution in [-0.2, 0) is 0 Å². The van der Waals surface area contributed by atoms with Gasteiger partial charge in [-0.2, -0.15) is 5.26 Å². The summed E-state index contributed by atoms with van der Waals surface area (Å²) in [4.78, 5) is 0. The predicted octanol–water partition coefficient (Wildman–Crippen LogP) is 3.46. The lowest BCUT2D eigenvalue weighted by Crippen LogP contribution is -2.42. The van der Waals surface area contributed by atoms with Gasteiger partial charge in [0.1, 0.15) is 4.75 Å². The summed E-state index contributed by atoms with van der Waals surface area (Å²) < 4.78 is -0.00898. The Balaban J connectivity index is 2.37. The van der Waals surface area contributed by atoms with E-state index in [1.54, 1.807) is 0 Å². The van der Waals surface area contributed by atoms with Crippen LogP contribution in [0.25, 0.3) is 0 Å². The second-order valence-electron chi connectivity index (χ2n) is 4.37. The molecule has 0 aromatic rings. The SMILES string of the molecule is CCCSC1(C#N)CC(C(C)C)C1. The van der Waals surface area contributed by atoms with Crippen LogP contribution in [0.2, 0.25) is 0 Å². The normalized spacial score (nSPS) is 32.7. The van der Waals surface area contributed by atoms with E-state index in [1.165, 1.54) is 6.42 Å². The quantitative estimate of drug-likeness (QED) is 0.689. The Morgan fingerprint density at radius 1 is 1.54 bits per heavy atom. The Labute approximate surface area is 85.9 Å². The van der Waals surface area contributed by atoms with E-state index < -0.39 is 0 Å². The van der Waals surface area contributed by atoms with E-state index in [1.807, 2.05) is 11.8 Å². The lowest BCUT2D eigenvalue weighted by Gasteiger charge is -2.44. The van der Waals surface area contributed by atoms with Crippen LogP contribution >= 0.6 is 11.8 Å². The highest BCUT2D eigenvalue weighted by Gasteiger charge is 2.45. The van der Waals surface area contributed by atoms with Gasteiger partial charge in [-0.25, -0.2) is 0 Å². The van der Waals surface area contributed by atoms with Crippen molar-refractivity contribution in [2.24, 2.45) is 11.8 Å². The monoisotopic (exact) mass is 197 g/mol. The third-order valence-corrected chi connectivity index (χ3v) is 4.50. The summed E-state index contributed by atoms with van der Waals surface area (Å²) >= 11 is 1.87. The van der Waals surface area contributed by atoms with E-state index in [4.69, 9.17) is 5.26 Å². The summed E-state index contributed by atoms with van der Waals surface area (Å²) in [6, 6.07) is 2.50. The molecule has 0 spiro atoms. The molecule has 2 heteroatoms. The van der Waals surface area contributed by atoms with Crippen LogP contribution in [0.15, 0.2) is 0 Å². The maximum absolute atomic E-state index is 9.09. The Morgan fingerprint density at radius 2 is 2.15 bits per heavy atom. The number of hydrogen-bond acceptors (Lipinski definition) is 2. The van der Waals surface area contributed by atoms with Crippen molar-refractivity contribution in [2.45, 2.75) is 44.8 Å². The number of hydrogen-bond donors (Lipinski definition) is 0. The largest absolute Gasteiger partial charge is 0.197 e. The Kier molecular flexibility index (Phi) is 3.67. The van der Waals surface area contributed by atoms with E-state index in [2.05, 4.69) is 26.8 Å². The first-order valence-electron chi connectivity index (χ1n) is 5.19. The Morgan fingerprint density at radius 3 is 2.54 bits per heavy atom. The van der Waals surface area contributed by atoms with Crippen LogP contribution < -0.4 is 0 Å². The van der Waals surface area contributed by atoms with Crippen LogP contribution in [0, 0.1) is 23.2 Å². The number of thioether (sulfide) groups is 1.